The molecular weight excluding hydrogens is 589 g/mol. The maximum Gasteiger partial charge on any atom is 0.461 e. The zero-order valence-electron chi connectivity index (χ0n) is 21.7. The highest BCUT2D eigenvalue weighted by molar-refractivity contribution is 6.30. The molecule has 1 amide bonds. The minimum Gasteiger partial charge on any atom is -0.428 e. The van der Waals surface area contributed by atoms with Crippen molar-refractivity contribution in [1.29, 1.82) is 0 Å². The van der Waals surface area contributed by atoms with Gasteiger partial charge in [-0.1, -0.05) is 60.1 Å². The lowest BCUT2D eigenvalue weighted by Crippen LogP contribution is -2.50. The summed E-state index contributed by atoms with van der Waals surface area (Å²) >= 11 is 6.03. The number of ether oxygens (including phenoxy) is 1. The van der Waals surface area contributed by atoms with E-state index in [-0.39, 0.29) is 22.7 Å². The van der Waals surface area contributed by atoms with Crippen LogP contribution < -0.4 is 10.1 Å². The molecule has 0 fully saturated rings. The molecule has 0 aliphatic heterocycles. The summed E-state index contributed by atoms with van der Waals surface area (Å²) in [6.07, 6.45) is -8.09. The number of pyridine rings is 1. The Balaban J connectivity index is 1.97. The van der Waals surface area contributed by atoms with Crippen molar-refractivity contribution in [2.24, 2.45) is 0 Å². The van der Waals surface area contributed by atoms with E-state index < -0.39 is 52.6 Å². The molecule has 220 valence electrons. The Morgan fingerprint density at radius 3 is 2.21 bits per heavy atom. The second kappa shape index (κ2) is 12.0. The highest BCUT2D eigenvalue weighted by Crippen LogP contribution is 2.41. The maximum atomic E-state index is 14.2. The molecule has 0 aliphatic rings. The minimum absolute atomic E-state index is 0.0173. The highest BCUT2D eigenvalue weighted by atomic mass is 35.5. The van der Waals surface area contributed by atoms with Crippen LogP contribution in [0, 0.1) is 5.82 Å². The molecule has 0 radical (unpaired) electrons. The summed E-state index contributed by atoms with van der Waals surface area (Å²) in [6, 6.07) is 18.4. The summed E-state index contributed by atoms with van der Waals surface area (Å²) in [4.78, 5) is 18.0. The van der Waals surface area contributed by atoms with Crippen LogP contribution in [0.15, 0.2) is 91.1 Å². The van der Waals surface area contributed by atoms with Crippen LogP contribution in [0.5, 0.6) is 5.75 Å². The summed E-state index contributed by atoms with van der Waals surface area (Å²) in [5.74, 6) is -6.62. The van der Waals surface area contributed by atoms with Gasteiger partial charge >= 0.3 is 12.5 Å². The van der Waals surface area contributed by atoms with E-state index in [4.69, 9.17) is 11.6 Å². The third-order valence-corrected chi connectivity index (χ3v) is 6.58. The zero-order chi connectivity index (χ0) is 30.7. The number of halogens is 8. The Hall–Kier alpha value is -4.12. The van der Waals surface area contributed by atoms with Gasteiger partial charge < -0.3 is 10.1 Å². The van der Waals surface area contributed by atoms with Crippen molar-refractivity contribution in [2.45, 2.75) is 37.3 Å². The van der Waals surface area contributed by atoms with Gasteiger partial charge in [0, 0.05) is 30.7 Å². The molecule has 1 atom stereocenters. The van der Waals surface area contributed by atoms with E-state index in [1.54, 1.807) is 30.3 Å². The van der Waals surface area contributed by atoms with Crippen LogP contribution in [0.4, 0.5) is 30.7 Å². The number of nitrogens with one attached hydrogen (secondary N) is 1. The van der Waals surface area contributed by atoms with E-state index in [9.17, 15) is 35.5 Å². The van der Waals surface area contributed by atoms with Crippen LogP contribution in [-0.4, -0.2) is 23.4 Å². The van der Waals surface area contributed by atoms with Gasteiger partial charge in [-0.2, -0.15) is 17.6 Å². The molecule has 0 bridgehead atoms. The first kappa shape index (κ1) is 30.8. The molecule has 4 rings (SSSR count). The Bertz CT molecular complexity index is 1550. The molecular formula is C30H22ClF7N2O2. The number of rotatable bonds is 10. The van der Waals surface area contributed by atoms with Gasteiger partial charge in [-0.15, -0.1) is 0 Å². The standard InChI is InChI=1S/C30H22ClF7N2O2/c1-28(35,36)22-15-19(11-13-23(22)32)26(41)40-29(16-18-7-3-2-4-8-18,25-14-12-20(31)17-39-25)21-9-5-6-10-24(21)42-30(37,38)27(33)34/h2-15,17,27H,16H2,1H3,(H,40,41)/t29-/m0/s1. The van der Waals surface area contributed by atoms with E-state index in [2.05, 4.69) is 15.0 Å². The van der Waals surface area contributed by atoms with Crippen molar-refractivity contribution in [3.63, 3.8) is 0 Å². The van der Waals surface area contributed by atoms with Gasteiger partial charge in [0.1, 0.15) is 17.1 Å². The molecule has 0 saturated heterocycles. The summed E-state index contributed by atoms with van der Waals surface area (Å²) in [5, 5.41) is 2.86. The monoisotopic (exact) mass is 610 g/mol. The number of aromatic nitrogens is 1. The first-order valence-corrected chi connectivity index (χ1v) is 12.7. The molecule has 4 nitrogen and oxygen atoms in total. The topological polar surface area (TPSA) is 51.2 Å². The van der Waals surface area contributed by atoms with Gasteiger partial charge in [0.25, 0.3) is 11.8 Å². The van der Waals surface area contributed by atoms with Crippen LogP contribution in [0.1, 0.15) is 39.7 Å². The number of nitrogens with zero attached hydrogens (tertiary/aromatic N) is 1. The molecule has 1 N–H and O–H groups in total. The second-order valence-electron chi connectivity index (χ2n) is 9.43. The molecule has 12 heteroatoms. The summed E-state index contributed by atoms with van der Waals surface area (Å²) < 4.78 is 102. The number of hydrogen-bond donors (Lipinski definition) is 1. The largest absolute Gasteiger partial charge is 0.461 e. The van der Waals surface area contributed by atoms with Gasteiger partial charge in [0.05, 0.1) is 16.3 Å². The van der Waals surface area contributed by atoms with Crippen LogP contribution in [0.2, 0.25) is 5.02 Å². The molecule has 3 aromatic carbocycles. The van der Waals surface area contributed by atoms with E-state index >= 15 is 0 Å². The number of alkyl halides is 6. The van der Waals surface area contributed by atoms with Gasteiger partial charge in [-0.05, 0) is 42.0 Å². The maximum absolute atomic E-state index is 14.2. The number of carbonyl (C=O) groups is 1. The summed E-state index contributed by atoms with van der Waals surface area (Å²) in [6.45, 7) is 0.460. The lowest BCUT2D eigenvalue weighted by Gasteiger charge is -2.37. The van der Waals surface area contributed by atoms with Crippen LogP contribution in [0.3, 0.4) is 0 Å². The number of benzene rings is 3. The lowest BCUT2D eigenvalue weighted by atomic mass is 9.79. The zero-order valence-corrected chi connectivity index (χ0v) is 22.5. The number of amides is 1. The average molecular weight is 611 g/mol. The van der Waals surface area contributed by atoms with E-state index in [1.165, 1.54) is 36.5 Å². The van der Waals surface area contributed by atoms with Crippen LogP contribution >= 0.6 is 11.6 Å². The fourth-order valence-electron chi connectivity index (χ4n) is 4.40. The van der Waals surface area contributed by atoms with Crippen molar-refractivity contribution in [2.75, 3.05) is 0 Å². The molecule has 0 aliphatic carbocycles. The van der Waals surface area contributed by atoms with Crippen molar-refractivity contribution < 1.29 is 40.3 Å². The van der Waals surface area contributed by atoms with E-state index in [1.807, 2.05) is 0 Å². The number of hydrogen-bond acceptors (Lipinski definition) is 3. The second-order valence-corrected chi connectivity index (χ2v) is 9.86. The fourth-order valence-corrected chi connectivity index (χ4v) is 4.51. The Morgan fingerprint density at radius 2 is 1.60 bits per heavy atom. The third-order valence-electron chi connectivity index (χ3n) is 6.35. The van der Waals surface area contributed by atoms with E-state index in [0.29, 0.717) is 24.6 Å². The van der Waals surface area contributed by atoms with Gasteiger partial charge in [-0.3, -0.25) is 9.78 Å². The van der Waals surface area contributed by atoms with Crippen molar-refractivity contribution in [3.05, 3.63) is 130 Å². The third kappa shape index (κ3) is 6.67. The quantitative estimate of drug-likeness (QED) is 0.184. The van der Waals surface area contributed by atoms with Crippen molar-refractivity contribution in [1.82, 2.24) is 10.3 Å². The Morgan fingerprint density at radius 1 is 0.929 bits per heavy atom. The predicted molar refractivity (Wildman–Crippen MR) is 142 cm³/mol. The molecule has 0 saturated carbocycles. The molecule has 0 unspecified atom stereocenters. The van der Waals surface area contributed by atoms with Crippen molar-refractivity contribution in [3.8, 4) is 5.75 Å². The van der Waals surface area contributed by atoms with Crippen LogP contribution in [0.25, 0.3) is 0 Å². The van der Waals surface area contributed by atoms with E-state index in [0.717, 1.165) is 12.1 Å². The lowest BCUT2D eigenvalue weighted by molar-refractivity contribution is -0.253. The smallest absolute Gasteiger partial charge is 0.428 e. The molecule has 0 spiro atoms. The van der Waals surface area contributed by atoms with Crippen LogP contribution in [-0.2, 0) is 17.9 Å². The molecule has 1 heterocycles. The van der Waals surface area contributed by atoms with Gasteiger partial charge in [0.15, 0.2) is 0 Å². The first-order chi connectivity index (χ1) is 19.7. The highest BCUT2D eigenvalue weighted by Gasteiger charge is 2.47. The van der Waals surface area contributed by atoms with Crippen molar-refractivity contribution >= 4 is 17.5 Å². The number of para-hydroxylation sites is 1. The van der Waals surface area contributed by atoms with Gasteiger partial charge in [-0.25, -0.2) is 13.2 Å². The average Bonchev–Trinajstić information content (AvgIpc) is 2.93. The molecule has 4 aromatic rings. The predicted octanol–water partition coefficient (Wildman–Crippen LogP) is 8.14. The Kier molecular flexibility index (Phi) is 8.81. The minimum atomic E-state index is -4.91. The first-order valence-electron chi connectivity index (χ1n) is 12.3. The molecule has 1 aromatic heterocycles. The number of carbonyl (C=O) groups excluding carboxylic acids is 1. The normalized spacial score (nSPS) is 13.5. The fraction of sp³-hybridized carbons (Fsp3) is 0.200. The molecule has 42 heavy (non-hydrogen) atoms. The Labute approximate surface area is 241 Å². The summed E-state index contributed by atoms with van der Waals surface area (Å²) in [7, 11) is 0. The SMILES string of the molecule is CC(F)(F)c1cc(C(=O)N[C@](Cc2ccccc2)(c2ccc(Cl)cn2)c2ccccc2OC(F)(F)C(F)F)ccc1F. The van der Waals surface area contributed by atoms with Gasteiger partial charge in [0.2, 0.25) is 0 Å². The summed E-state index contributed by atoms with van der Waals surface area (Å²) in [5.41, 5.74) is -3.03.